The number of anilines is 2. The molecular formula is C14H16F3N5O. The second kappa shape index (κ2) is 7.12. The largest absolute Gasteiger partial charge is 0.491 e. The molecule has 1 heterocycles. The number of para-hydroxylation sites is 1. The van der Waals surface area contributed by atoms with Crippen LogP contribution < -0.4 is 15.8 Å². The highest BCUT2D eigenvalue weighted by Gasteiger charge is 2.35. The first-order chi connectivity index (χ1) is 10.9. The van der Waals surface area contributed by atoms with Crippen molar-refractivity contribution in [2.24, 2.45) is 0 Å². The molecule has 2 aromatic rings. The van der Waals surface area contributed by atoms with Crippen LogP contribution in [0.3, 0.4) is 0 Å². The number of rotatable bonds is 6. The Hall–Kier alpha value is -2.58. The van der Waals surface area contributed by atoms with E-state index in [-0.39, 0.29) is 18.6 Å². The van der Waals surface area contributed by atoms with Crippen LogP contribution in [0.4, 0.5) is 25.1 Å². The summed E-state index contributed by atoms with van der Waals surface area (Å²) in [5.41, 5.74) is 5.30. The molecule has 0 aliphatic rings. The lowest BCUT2D eigenvalue weighted by Crippen LogP contribution is -2.28. The summed E-state index contributed by atoms with van der Waals surface area (Å²) in [7, 11) is 0. The number of ether oxygens (including phenoxy) is 1. The van der Waals surface area contributed by atoms with Crippen molar-refractivity contribution in [1.82, 2.24) is 15.0 Å². The zero-order valence-corrected chi connectivity index (χ0v) is 12.3. The van der Waals surface area contributed by atoms with Gasteiger partial charge in [-0.05, 0) is 18.6 Å². The Balaban J connectivity index is 2.05. The van der Waals surface area contributed by atoms with Crippen LogP contribution in [0.25, 0.3) is 0 Å². The number of alkyl halides is 3. The first kappa shape index (κ1) is 16.8. The number of nitrogens with zero attached hydrogens (tertiary/aromatic N) is 3. The molecule has 0 aliphatic heterocycles. The summed E-state index contributed by atoms with van der Waals surface area (Å²) in [5, 5.41) is 2.79. The molecule has 3 N–H and O–H groups in total. The molecule has 0 bridgehead atoms. The number of benzene rings is 1. The molecule has 23 heavy (non-hydrogen) atoms. The Labute approximate surface area is 130 Å². The van der Waals surface area contributed by atoms with Gasteiger partial charge in [0.15, 0.2) is 0 Å². The van der Waals surface area contributed by atoms with Crippen LogP contribution in [0.5, 0.6) is 5.75 Å². The SMILES string of the molecule is CCC(COc1ccccc1)Nc1nc(N)nc(C(F)(F)F)n1. The van der Waals surface area contributed by atoms with Crippen molar-refractivity contribution in [2.45, 2.75) is 25.6 Å². The van der Waals surface area contributed by atoms with E-state index in [9.17, 15) is 13.2 Å². The Kier molecular flexibility index (Phi) is 5.20. The summed E-state index contributed by atoms with van der Waals surface area (Å²) < 4.78 is 43.6. The second-order valence-electron chi connectivity index (χ2n) is 4.71. The highest BCUT2D eigenvalue weighted by molar-refractivity contribution is 5.33. The Morgan fingerprint density at radius 1 is 1.17 bits per heavy atom. The third-order valence-electron chi connectivity index (χ3n) is 2.93. The molecule has 1 aromatic carbocycles. The third-order valence-corrected chi connectivity index (χ3v) is 2.93. The molecule has 2 rings (SSSR count). The quantitative estimate of drug-likeness (QED) is 0.848. The Bertz CT molecular complexity index is 636. The topological polar surface area (TPSA) is 86.0 Å². The zero-order valence-electron chi connectivity index (χ0n) is 12.3. The average Bonchev–Trinajstić information content (AvgIpc) is 2.51. The van der Waals surface area contributed by atoms with Crippen LogP contribution in [0, 0.1) is 0 Å². The number of nitrogens with two attached hydrogens (primary N) is 1. The van der Waals surface area contributed by atoms with E-state index in [1.165, 1.54) is 0 Å². The van der Waals surface area contributed by atoms with Gasteiger partial charge in [-0.3, -0.25) is 0 Å². The van der Waals surface area contributed by atoms with Gasteiger partial charge in [0.05, 0.1) is 6.04 Å². The van der Waals surface area contributed by atoms with E-state index < -0.39 is 17.9 Å². The van der Waals surface area contributed by atoms with E-state index in [0.29, 0.717) is 12.2 Å². The molecule has 124 valence electrons. The molecule has 0 spiro atoms. The van der Waals surface area contributed by atoms with Crippen molar-refractivity contribution < 1.29 is 17.9 Å². The maximum atomic E-state index is 12.7. The Morgan fingerprint density at radius 3 is 2.48 bits per heavy atom. The predicted octanol–water partition coefficient (Wildman–Crippen LogP) is 2.74. The maximum absolute atomic E-state index is 12.7. The number of nitrogens with one attached hydrogen (secondary N) is 1. The maximum Gasteiger partial charge on any atom is 0.451 e. The monoisotopic (exact) mass is 327 g/mol. The van der Waals surface area contributed by atoms with Crippen LogP contribution >= 0.6 is 0 Å². The Morgan fingerprint density at radius 2 is 1.87 bits per heavy atom. The van der Waals surface area contributed by atoms with Gasteiger partial charge in [-0.1, -0.05) is 25.1 Å². The van der Waals surface area contributed by atoms with Gasteiger partial charge in [-0.15, -0.1) is 0 Å². The molecule has 1 unspecified atom stereocenters. The van der Waals surface area contributed by atoms with Crippen molar-refractivity contribution in [3.63, 3.8) is 0 Å². The zero-order chi connectivity index (χ0) is 16.9. The molecule has 1 atom stereocenters. The average molecular weight is 327 g/mol. The van der Waals surface area contributed by atoms with Crippen molar-refractivity contribution in [1.29, 1.82) is 0 Å². The molecule has 0 saturated heterocycles. The van der Waals surface area contributed by atoms with Crippen LogP contribution in [-0.4, -0.2) is 27.6 Å². The standard InChI is InChI=1S/C14H16F3N5O/c1-2-9(8-23-10-6-4-3-5-7-10)19-13-21-11(14(15,16)17)20-12(18)22-13/h3-7,9H,2,8H2,1H3,(H3,18,19,20,21,22). The van der Waals surface area contributed by atoms with Gasteiger partial charge >= 0.3 is 6.18 Å². The van der Waals surface area contributed by atoms with E-state index >= 15 is 0 Å². The van der Waals surface area contributed by atoms with Gasteiger partial charge < -0.3 is 15.8 Å². The molecule has 9 heteroatoms. The van der Waals surface area contributed by atoms with E-state index in [1.807, 2.05) is 25.1 Å². The fourth-order valence-corrected chi connectivity index (χ4v) is 1.74. The van der Waals surface area contributed by atoms with Crippen LogP contribution in [-0.2, 0) is 6.18 Å². The smallest absolute Gasteiger partial charge is 0.451 e. The van der Waals surface area contributed by atoms with Crippen molar-refractivity contribution in [3.8, 4) is 5.75 Å². The highest BCUT2D eigenvalue weighted by Crippen LogP contribution is 2.27. The minimum Gasteiger partial charge on any atom is -0.491 e. The van der Waals surface area contributed by atoms with E-state index in [0.717, 1.165) is 0 Å². The first-order valence-corrected chi connectivity index (χ1v) is 6.91. The van der Waals surface area contributed by atoms with Crippen LogP contribution in [0.15, 0.2) is 30.3 Å². The van der Waals surface area contributed by atoms with Crippen molar-refractivity contribution in [2.75, 3.05) is 17.7 Å². The number of nitrogen functional groups attached to an aromatic ring is 1. The summed E-state index contributed by atoms with van der Waals surface area (Å²) >= 11 is 0. The van der Waals surface area contributed by atoms with Crippen molar-refractivity contribution in [3.05, 3.63) is 36.2 Å². The minimum atomic E-state index is -4.68. The minimum absolute atomic E-state index is 0.228. The number of halogens is 3. The molecule has 0 amide bonds. The number of aromatic nitrogens is 3. The number of hydrogen-bond donors (Lipinski definition) is 2. The first-order valence-electron chi connectivity index (χ1n) is 6.91. The summed E-state index contributed by atoms with van der Waals surface area (Å²) in [6.45, 7) is 2.11. The lowest BCUT2D eigenvalue weighted by molar-refractivity contribution is -0.144. The fraction of sp³-hybridized carbons (Fsp3) is 0.357. The lowest BCUT2D eigenvalue weighted by atomic mass is 10.2. The molecule has 0 aliphatic carbocycles. The fourth-order valence-electron chi connectivity index (χ4n) is 1.74. The summed E-state index contributed by atoms with van der Waals surface area (Å²) in [6.07, 6.45) is -4.09. The van der Waals surface area contributed by atoms with Crippen LogP contribution in [0.1, 0.15) is 19.2 Å². The van der Waals surface area contributed by atoms with Crippen molar-refractivity contribution >= 4 is 11.9 Å². The van der Waals surface area contributed by atoms with E-state index in [2.05, 4.69) is 20.3 Å². The second-order valence-corrected chi connectivity index (χ2v) is 4.71. The summed E-state index contributed by atoms with van der Waals surface area (Å²) in [4.78, 5) is 10.1. The lowest BCUT2D eigenvalue weighted by Gasteiger charge is -2.18. The van der Waals surface area contributed by atoms with Gasteiger partial charge in [0, 0.05) is 0 Å². The van der Waals surface area contributed by atoms with Crippen LogP contribution in [0.2, 0.25) is 0 Å². The summed E-state index contributed by atoms with van der Waals surface area (Å²) in [6, 6.07) is 8.80. The number of hydrogen-bond acceptors (Lipinski definition) is 6. The third kappa shape index (κ3) is 4.97. The summed E-state index contributed by atoms with van der Waals surface area (Å²) in [5.74, 6) is -1.38. The molecule has 0 fully saturated rings. The molecule has 0 saturated carbocycles. The molecule has 1 aromatic heterocycles. The molecule has 6 nitrogen and oxygen atoms in total. The van der Waals surface area contributed by atoms with E-state index in [4.69, 9.17) is 10.5 Å². The van der Waals surface area contributed by atoms with Gasteiger partial charge in [0.2, 0.25) is 17.7 Å². The van der Waals surface area contributed by atoms with Gasteiger partial charge in [-0.25, -0.2) is 0 Å². The normalized spacial score (nSPS) is 12.7. The molecular weight excluding hydrogens is 311 g/mol. The van der Waals surface area contributed by atoms with Gasteiger partial charge in [-0.2, -0.15) is 28.1 Å². The van der Waals surface area contributed by atoms with Gasteiger partial charge in [0.1, 0.15) is 12.4 Å². The van der Waals surface area contributed by atoms with E-state index in [1.54, 1.807) is 12.1 Å². The predicted molar refractivity (Wildman–Crippen MR) is 78.9 cm³/mol. The highest BCUT2D eigenvalue weighted by atomic mass is 19.4. The van der Waals surface area contributed by atoms with Gasteiger partial charge in [0.25, 0.3) is 0 Å². The molecule has 0 radical (unpaired) electrons.